The number of primary amides is 1. The number of nitrogens with two attached hydrogens (primary N) is 1. The topological polar surface area (TPSA) is 93.1 Å². The van der Waals surface area contributed by atoms with Gasteiger partial charge in [0.2, 0.25) is 6.54 Å². The fraction of sp³-hybridized carbons (Fsp3) is 0.0476. The first-order valence-corrected chi connectivity index (χ1v) is 8.32. The summed E-state index contributed by atoms with van der Waals surface area (Å²) in [7, 11) is 0. The van der Waals surface area contributed by atoms with Gasteiger partial charge in [0.25, 0.3) is 11.8 Å². The predicted octanol–water partition coefficient (Wildman–Crippen LogP) is 1.94. The molecule has 0 aliphatic rings. The molecule has 0 fully saturated rings. The first-order valence-electron chi connectivity index (χ1n) is 8.32. The van der Waals surface area contributed by atoms with E-state index in [0.717, 1.165) is 0 Å². The largest absolute Gasteiger partial charge is 0.365 e. The Morgan fingerprint density at radius 2 is 1.52 bits per heavy atom. The number of aromatic nitrogens is 1. The van der Waals surface area contributed by atoms with E-state index < -0.39 is 5.91 Å². The number of pyridine rings is 1. The molecule has 6 nitrogen and oxygen atoms in total. The lowest BCUT2D eigenvalue weighted by Gasteiger charge is -2.09. The number of hydrogen-bond donors (Lipinski definition) is 2. The molecule has 0 aliphatic carbocycles. The average Bonchev–Trinajstić information content (AvgIpc) is 2.68. The van der Waals surface area contributed by atoms with Crippen LogP contribution in [0, 0.1) is 0 Å². The molecule has 2 amide bonds. The molecule has 3 aromatic rings. The number of benzene rings is 2. The number of nitrogens with zero attached hydrogens (tertiary/aromatic N) is 1. The van der Waals surface area contributed by atoms with Gasteiger partial charge in [0.15, 0.2) is 18.2 Å². The highest BCUT2D eigenvalue weighted by molar-refractivity contribution is 6.13. The van der Waals surface area contributed by atoms with Crippen LogP contribution in [0.1, 0.15) is 26.3 Å². The van der Waals surface area contributed by atoms with Crippen molar-refractivity contribution in [2.45, 2.75) is 6.54 Å². The summed E-state index contributed by atoms with van der Waals surface area (Å²) in [5.41, 5.74) is 6.95. The Balaban J connectivity index is 1.78. The van der Waals surface area contributed by atoms with Gasteiger partial charge in [0.1, 0.15) is 5.56 Å². The van der Waals surface area contributed by atoms with Crippen molar-refractivity contribution < 1.29 is 19.0 Å². The van der Waals surface area contributed by atoms with Gasteiger partial charge in [-0.15, -0.1) is 0 Å². The standard InChI is InChI=1S/C21H17N3O3/c22-21(27)16-9-6-12-24(13-16)14-19(25)23-18-11-5-4-10-17(18)20(26)15-7-2-1-3-8-15/h1-13H,14H2,(H2-,22,23,25,26,27)/p+1. The van der Waals surface area contributed by atoms with Crippen molar-refractivity contribution in [2.24, 2.45) is 5.73 Å². The van der Waals surface area contributed by atoms with E-state index in [9.17, 15) is 14.4 Å². The van der Waals surface area contributed by atoms with E-state index in [1.807, 2.05) is 6.07 Å². The average molecular weight is 360 g/mol. The molecule has 6 heteroatoms. The van der Waals surface area contributed by atoms with Crippen LogP contribution in [0.5, 0.6) is 0 Å². The number of hydrogen-bond acceptors (Lipinski definition) is 3. The van der Waals surface area contributed by atoms with Crippen LogP contribution in [-0.2, 0) is 11.3 Å². The zero-order valence-electron chi connectivity index (χ0n) is 14.5. The Morgan fingerprint density at radius 1 is 0.852 bits per heavy atom. The van der Waals surface area contributed by atoms with Crippen molar-refractivity contribution in [2.75, 3.05) is 5.32 Å². The molecule has 0 unspecified atom stereocenters. The quantitative estimate of drug-likeness (QED) is 0.520. The van der Waals surface area contributed by atoms with Gasteiger partial charge in [-0.05, 0) is 18.2 Å². The zero-order valence-corrected chi connectivity index (χ0v) is 14.5. The maximum atomic E-state index is 12.7. The van der Waals surface area contributed by atoms with E-state index in [1.165, 1.54) is 6.20 Å². The van der Waals surface area contributed by atoms with Crippen LogP contribution in [0.2, 0.25) is 0 Å². The summed E-state index contributed by atoms with van der Waals surface area (Å²) >= 11 is 0. The summed E-state index contributed by atoms with van der Waals surface area (Å²) in [5, 5.41) is 2.76. The van der Waals surface area contributed by atoms with Gasteiger partial charge in [-0.2, -0.15) is 4.57 Å². The highest BCUT2D eigenvalue weighted by atomic mass is 16.2. The lowest BCUT2D eigenvalue weighted by Crippen LogP contribution is -2.40. The molecule has 0 spiro atoms. The Kier molecular flexibility index (Phi) is 5.37. The predicted molar refractivity (Wildman–Crippen MR) is 100 cm³/mol. The van der Waals surface area contributed by atoms with Crippen LogP contribution in [0.15, 0.2) is 79.1 Å². The van der Waals surface area contributed by atoms with Crippen LogP contribution in [0.4, 0.5) is 5.69 Å². The van der Waals surface area contributed by atoms with Crippen LogP contribution in [0.3, 0.4) is 0 Å². The first kappa shape index (κ1) is 18.0. The molecule has 2 aromatic carbocycles. The second-order valence-corrected chi connectivity index (χ2v) is 5.92. The Labute approximate surface area is 156 Å². The summed E-state index contributed by atoms with van der Waals surface area (Å²) in [6.07, 6.45) is 3.16. The third-order valence-electron chi connectivity index (χ3n) is 3.95. The molecule has 3 rings (SSSR count). The number of anilines is 1. The minimum absolute atomic E-state index is 0.0189. The maximum absolute atomic E-state index is 12.7. The van der Waals surface area contributed by atoms with Crippen LogP contribution in [-0.4, -0.2) is 17.6 Å². The van der Waals surface area contributed by atoms with Crippen molar-refractivity contribution in [3.8, 4) is 0 Å². The smallest absolute Gasteiger partial charge is 0.290 e. The van der Waals surface area contributed by atoms with E-state index in [4.69, 9.17) is 5.73 Å². The molecule has 0 atom stereocenters. The van der Waals surface area contributed by atoms with Crippen molar-refractivity contribution in [3.05, 3.63) is 95.8 Å². The minimum atomic E-state index is -0.566. The summed E-state index contributed by atoms with van der Waals surface area (Å²) < 4.78 is 1.55. The number of amides is 2. The molecule has 0 saturated heterocycles. The monoisotopic (exact) mass is 360 g/mol. The lowest BCUT2D eigenvalue weighted by atomic mass is 10.0. The summed E-state index contributed by atoms with van der Waals surface area (Å²) in [5.74, 6) is -1.06. The second-order valence-electron chi connectivity index (χ2n) is 5.92. The normalized spacial score (nSPS) is 10.2. The molecule has 3 N–H and O–H groups in total. The number of para-hydroxylation sites is 1. The molecular formula is C21H18N3O3+. The van der Waals surface area contributed by atoms with Crippen molar-refractivity contribution in [3.63, 3.8) is 0 Å². The fourth-order valence-corrected chi connectivity index (χ4v) is 2.66. The third kappa shape index (κ3) is 4.43. The van der Waals surface area contributed by atoms with Gasteiger partial charge in [-0.25, -0.2) is 0 Å². The summed E-state index contributed by atoms with van der Waals surface area (Å²) in [6, 6.07) is 18.9. The van der Waals surface area contributed by atoms with Gasteiger partial charge >= 0.3 is 0 Å². The Morgan fingerprint density at radius 3 is 2.26 bits per heavy atom. The SMILES string of the molecule is NC(=O)c1ccc[n+](CC(=O)Nc2ccccc2C(=O)c2ccccc2)c1. The van der Waals surface area contributed by atoms with E-state index >= 15 is 0 Å². The highest BCUT2D eigenvalue weighted by Gasteiger charge is 2.17. The summed E-state index contributed by atoms with van der Waals surface area (Å²) in [4.78, 5) is 36.4. The molecule has 0 saturated carbocycles. The molecule has 0 aliphatic heterocycles. The minimum Gasteiger partial charge on any atom is -0.365 e. The van der Waals surface area contributed by atoms with Crippen LogP contribution >= 0.6 is 0 Å². The Hall–Kier alpha value is -3.80. The molecule has 0 radical (unpaired) electrons. The summed E-state index contributed by atoms with van der Waals surface area (Å²) in [6.45, 7) is -0.0189. The van der Waals surface area contributed by atoms with Crippen molar-refractivity contribution in [1.82, 2.24) is 0 Å². The number of nitrogens with one attached hydrogen (secondary N) is 1. The van der Waals surface area contributed by atoms with Gasteiger partial charge in [0, 0.05) is 17.2 Å². The maximum Gasteiger partial charge on any atom is 0.290 e. The van der Waals surface area contributed by atoms with Crippen molar-refractivity contribution >= 4 is 23.3 Å². The first-order chi connectivity index (χ1) is 13.0. The highest BCUT2D eigenvalue weighted by Crippen LogP contribution is 2.19. The Bertz CT molecular complexity index is 1000. The molecule has 134 valence electrons. The van der Waals surface area contributed by atoms with Gasteiger partial charge < -0.3 is 11.1 Å². The van der Waals surface area contributed by atoms with E-state index in [0.29, 0.717) is 22.4 Å². The van der Waals surface area contributed by atoms with E-state index in [1.54, 1.807) is 71.4 Å². The number of rotatable bonds is 6. The van der Waals surface area contributed by atoms with E-state index in [2.05, 4.69) is 5.32 Å². The molecular weight excluding hydrogens is 342 g/mol. The van der Waals surface area contributed by atoms with Crippen molar-refractivity contribution in [1.29, 1.82) is 0 Å². The van der Waals surface area contributed by atoms with Crippen LogP contribution < -0.4 is 15.6 Å². The lowest BCUT2D eigenvalue weighted by molar-refractivity contribution is -0.684. The van der Waals surface area contributed by atoms with Gasteiger partial charge in [0.05, 0.1) is 5.69 Å². The molecule has 1 heterocycles. The molecule has 27 heavy (non-hydrogen) atoms. The number of carbonyl (C=O) groups is 3. The fourth-order valence-electron chi connectivity index (χ4n) is 2.66. The zero-order chi connectivity index (χ0) is 19.2. The second kappa shape index (κ2) is 8.05. The number of ketones is 1. The van der Waals surface area contributed by atoms with Crippen LogP contribution in [0.25, 0.3) is 0 Å². The molecule has 1 aromatic heterocycles. The third-order valence-corrected chi connectivity index (χ3v) is 3.95. The number of carbonyl (C=O) groups excluding carboxylic acids is 3. The van der Waals surface area contributed by atoms with Gasteiger partial charge in [-0.1, -0.05) is 42.5 Å². The van der Waals surface area contributed by atoms with E-state index in [-0.39, 0.29) is 18.2 Å². The molecule has 0 bridgehead atoms. The van der Waals surface area contributed by atoms with Gasteiger partial charge in [-0.3, -0.25) is 14.4 Å².